The van der Waals surface area contributed by atoms with Crippen molar-refractivity contribution in [2.45, 2.75) is 32.2 Å². The first-order valence-electron chi connectivity index (χ1n) is 11.9. The normalized spacial score (nSPS) is 18.4. The first-order valence-corrected chi connectivity index (χ1v) is 11.9. The Bertz CT molecular complexity index is 1120. The van der Waals surface area contributed by atoms with Crippen LogP contribution in [0.2, 0.25) is 0 Å². The molecular weight excluding hydrogens is 438 g/mol. The van der Waals surface area contributed by atoms with Crippen LogP contribution < -0.4 is 4.90 Å². The van der Waals surface area contributed by atoms with E-state index < -0.39 is 5.82 Å². The molecule has 0 unspecified atom stereocenters. The molecule has 2 aromatic carbocycles. The van der Waals surface area contributed by atoms with Gasteiger partial charge in [-0.15, -0.1) is 0 Å². The van der Waals surface area contributed by atoms with Crippen LogP contribution in [0.15, 0.2) is 41.4 Å². The fraction of sp³-hybridized carbons (Fsp3) is 0.423. The van der Waals surface area contributed by atoms with Gasteiger partial charge in [0.1, 0.15) is 18.3 Å². The summed E-state index contributed by atoms with van der Waals surface area (Å²) in [4.78, 5) is 35.4. The summed E-state index contributed by atoms with van der Waals surface area (Å²) in [6.45, 7) is 2.46. The van der Waals surface area contributed by atoms with E-state index in [-0.39, 0.29) is 36.8 Å². The zero-order chi connectivity index (χ0) is 23.7. The number of carbonyl (C=O) groups excluding carboxylic acids is 2. The molecule has 0 N–H and O–H groups in total. The smallest absolute Gasteiger partial charge is 0.253 e. The van der Waals surface area contributed by atoms with Crippen molar-refractivity contribution < 1.29 is 18.4 Å². The highest BCUT2D eigenvalue weighted by Crippen LogP contribution is 2.28. The Labute approximate surface area is 197 Å². The zero-order valence-corrected chi connectivity index (χ0v) is 19.1. The lowest BCUT2D eigenvalue weighted by Gasteiger charge is -2.36. The molecule has 0 aromatic heterocycles. The summed E-state index contributed by atoms with van der Waals surface area (Å²) in [6.07, 6.45) is 5.66. The molecule has 6 nitrogen and oxygen atoms in total. The minimum atomic E-state index is -0.420. The number of amides is 2. The predicted octanol–water partition coefficient (Wildman–Crippen LogP) is 3.84. The highest BCUT2D eigenvalue weighted by molar-refractivity contribution is 5.95. The van der Waals surface area contributed by atoms with Crippen molar-refractivity contribution in [3.05, 3.63) is 64.7 Å². The Morgan fingerprint density at radius 3 is 2.44 bits per heavy atom. The number of rotatable bonds is 4. The minimum Gasteiger partial charge on any atom is -0.347 e. The molecule has 1 saturated heterocycles. The SMILES string of the molecule is O=C(c1ccc(F)c(CN2CN=Cc3c(F)cccc32)c1)N1CCN(C(=O)C2CCCC2)CC1. The van der Waals surface area contributed by atoms with Gasteiger partial charge >= 0.3 is 0 Å². The highest BCUT2D eigenvalue weighted by Gasteiger charge is 2.31. The Morgan fingerprint density at radius 2 is 1.68 bits per heavy atom. The Balaban J connectivity index is 1.26. The molecule has 1 aliphatic carbocycles. The number of benzene rings is 2. The second-order valence-corrected chi connectivity index (χ2v) is 9.23. The van der Waals surface area contributed by atoms with Crippen molar-refractivity contribution >= 4 is 23.7 Å². The van der Waals surface area contributed by atoms with Crippen molar-refractivity contribution in [2.75, 3.05) is 37.7 Å². The Kier molecular flexibility index (Phi) is 6.30. The third-order valence-electron chi connectivity index (χ3n) is 7.08. The lowest BCUT2D eigenvalue weighted by atomic mass is 10.1. The van der Waals surface area contributed by atoms with Crippen molar-refractivity contribution in [3.8, 4) is 0 Å². The van der Waals surface area contributed by atoms with Crippen molar-refractivity contribution in [2.24, 2.45) is 10.9 Å². The first kappa shape index (κ1) is 22.5. The number of anilines is 1. The molecule has 1 saturated carbocycles. The highest BCUT2D eigenvalue weighted by atomic mass is 19.1. The van der Waals surface area contributed by atoms with Crippen LogP contribution in [0.4, 0.5) is 14.5 Å². The van der Waals surface area contributed by atoms with Crippen molar-refractivity contribution in [1.82, 2.24) is 9.80 Å². The number of hydrogen-bond acceptors (Lipinski definition) is 4. The van der Waals surface area contributed by atoms with Gasteiger partial charge in [0.25, 0.3) is 5.91 Å². The number of nitrogens with zero attached hydrogens (tertiary/aromatic N) is 4. The van der Waals surface area contributed by atoms with Crippen LogP contribution in [0, 0.1) is 17.6 Å². The summed E-state index contributed by atoms with van der Waals surface area (Å²) in [7, 11) is 0. The molecule has 0 spiro atoms. The van der Waals surface area contributed by atoms with Gasteiger partial charge in [-0.3, -0.25) is 14.6 Å². The molecule has 2 amide bonds. The van der Waals surface area contributed by atoms with Crippen molar-refractivity contribution in [1.29, 1.82) is 0 Å². The molecule has 2 heterocycles. The van der Waals surface area contributed by atoms with E-state index in [1.54, 1.807) is 28.0 Å². The van der Waals surface area contributed by atoms with Crippen LogP contribution in [-0.2, 0) is 11.3 Å². The molecular formula is C26H28F2N4O2. The van der Waals surface area contributed by atoms with E-state index in [0.717, 1.165) is 25.7 Å². The molecule has 2 aromatic rings. The maximum atomic E-state index is 14.7. The van der Waals surface area contributed by atoms with Gasteiger partial charge in [-0.1, -0.05) is 18.9 Å². The second kappa shape index (κ2) is 9.52. The fourth-order valence-electron chi connectivity index (χ4n) is 5.15. The van der Waals surface area contributed by atoms with Crippen LogP contribution >= 0.6 is 0 Å². The third-order valence-corrected chi connectivity index (χ3v) is 7.08. The van der Waals surface area contributed by atoms with Gasteiger partial charge in [0.2, 0.25) is 5.91 Å². The maximum absolute atomic E-state index is 14.7. The number of aliphatic imine (C=N–C) groups is 1. The van der Waals surface area contributed by atoms with E-state index in [1.165, 1.54) is 24.4 Å². The quantitative estimate of drug-likeness (QED) is 0.688. The van der Waals surface area contributed by atoms with Gasteiger partial charge in [-0.25, -0.2) is 8.78 Å². The van der Waals surface area contributed by atoms with E-state index in [2.05, 4.69) is 4.99 Å². The van der Waals surface area contributed by atoms with E-state index in [4.69, 9.17) is 0 Å². The topological polar surface area (TPSA) is 56.2 Å². The zero-order valence-electron chi connectivity index (χ0n) is 19.1. The fourth-order valence-corrected chi connectivity index (χ4v) is 5.15. The number of piperazine rings is 1. The number of carbonyl (C=O) groups is 2. The molecule has 2 aliphatic heterocycles. The van der Waals surface area contributed by atoms with Crippen LogP contribution in [0.25, 0.3) is 0 Å². The lowest BCUT2D eigenvalue weighted by molar-refractivity contribution is -0.136. The first-order chi connectivity index (χ1) is 16.5. The molecule has 178 valence electrons. The van der Waals surface area contributed by atoms with Crippen molar-refractivity contribution in [3.63, 3.8) is 0 Å². The van der Waals surface area contributed by atoms with E-state index in [9.17, 15) is 18.4 Å². The summed E-state index contributed by atoms with van der Waals surface area (Å²) >= 11 is 0. The molecule has 34 heavy (non-hydrogen) atoms. The van der Waals surface area contributed by atoms with Gasteiger partial charge in [-0.2, -0.15) is 0 Å². The summed E-state index contributed by atoms with van der Waals surface area (Å²) < 4.78 is 28.8. The van der Waals surface area contributed by atoms with Gasteiger partial charge in [0, 0.05) is 56.0 Å². The molecule has 0 atom stereocenters. The largest absolute Gasteiger partial charge is 0.347 e. The molecule has 8 heteroatoms. The maximum Gasteiger partial charge on any atom is 0.253 e. The average Bonchev–Trinajstić information content (AvgIpc) is 3.40. The summed E-state index contributed by atoms with van der Waals surface area (Å²) in [5, 5.41) is 0. The van der Waals surface area contributed by atoms with Gasteiger partial charge in [-0.05, 0) is 43.2 Å². The number of fused-ring (bicyclic) bond motifs is 1. The molecule has 3 aliphatic rings. The van der Waals surface area contributed by atoms with E-state index >= 15 is 0 Å². The Morgan fingerprint density at radius 1 is 0.941 bits per heavy atom. The number of hydrogen-bond donors (Lipinski definition) is 0. The van der Waals surface area contributed by atoms with E-state index in [1.807, 2.05) is 4.90 Å². The Hall–Kier alpha value is -3.29. The van der Waals surface area contributed by atoms with Crippen LogP contribution in [0.1, 0.15) is 47.2 Å². The average molecular weight is 467 g/mol. The monoisotopic (exact) mass is 466 g/mol. The standard InChI is InChI=1S/C26H28F2N4O2/c27-22-9-8-19(14-20(22)16-32-17-29-15-21-23(28)6-3-7-24(21)32)26(34)31-12-10-30(11-13-31)25(33)18-4-1-2-5-18/h3,6-9,14-15,18H,1-2,4-5,10-13,16-17H2. The van der Waals surface area contributed by atoms with E-state index in [0.29, 0.717) is 48.6 Å². The van der Waals surface area contributed by atoms with Gasteiger partial charge in [0.05, 0.1) is 11.3 Å². The summed E-state index contributed by atoms with van der Waals surface area (Å²) in [6, 6.07) is 9.15. The van der Waals surface area contributed by atoms with Gasteiger partial charge < -0.3 is 14.7 Å². The minimum absolute atomic E-state index is 0.139. The summed E-state index contributed by atoms with van der Waals surface area (Å²) in [5.41, 5.74) is 1.79. The van der Waals surface area contributed by atoms with Crippen LogP contribution in [-0.4, -0.2) is 60.7 Å². The van der Waals surface area contributed by atoms with Gasteiger partial charge in [0.15, 0.2) is 0 Å². The second-order valence-electron chi connectivity index (χ2n) is 9.23. The third kappa shape index (κ3) is 4.41. The molecule has 0 bridgehead atoms. The summed E-state index contributed by atoms with van der Waals surface area (Å²) in [5.74, 6) is -0.608. The predicted molar refractivity (Wildman–Crippen MR) is 126 cm³/mol. The molecule has 2 fully saturated rings. The molecule has 0 radical (unpaired) electrons. The van der Waals surface area contributed by atoms with Crippen LogP contribution in [0.3, 0.4) is 0 Å². The molecule has 5 rings (SSSR count). The lowest BCUT2D eigenvalue weighted by Crippen LogP contribution is -2.51. The number of halogens is 2. The van der Waals surface area contributed by atoms with Crippen LogP contribution in [0.5, 0.6) is 0 Å².